The Hall–Kier alpha value is -4.10. The number of hydrogen-bond acceptors (Lipinski definition) is 6. The fourth-order valence-electron chi connectivity index (χ4n) is 6.44. The van der Waals surface area contributed by atoms with E-state index in [1.807, 2.05) is 65.2 Å². The molecule has 2 aromatic heterocycles. The minimum absolute atomic E-state index is 0.0134. The van der Waals surface area contributed by atoms with Crippen LogP contribution >= 0.6 is 0 Å². The molecule has 6 rings (SSSR count). The highest BCUT2D eigenvalue weighted by Crippen LogP contribution is 2.51. The molecule has 1 aromatic carbocycles. The first-order valence-corrected chi connectivity index (χ1v) is 14.1. The number of aryl methyl sites for hydroxylation is 1. The summed E-state index contributed by atoms with van der Waals surface area (Å²) in [5.41, 5.74) is 8.83. The van der Waals surface area contributed by atoms with Crippen LogP contribution in [0.1, 0.15) is 57.0 Å². The van der Waals surface area contributed by atoms with Crippen molar-refractivity contribution in [3.8, 4) is 5.75 Å². The van der Waals surface area contributed by atoms with Gasteiger partial charge < -0.3 is 14.6 Å². The van der Waals surface area contributed by atoms with Crippen LogP contribution in [0.5, 0.6) is 5.75 Å². The number of fused-ring (bicyclic) bond motifs is 1. The van der Waals surface area contributed by atoms with Gasteiger partial charge in [-0.05, 0) is 86.6 Å². The first-order valence-electron chi connectivity index (χ1n) is 14.1. The Morgan fingerprint density at radius 1 is 1.10 bits per heavy atom. The van der Waals surface area contributed by atoms with E-state index in [-0.39, 0.29) is 11.8 Å². The second kappa shape index (κ2) is 10.1. The van der Waals surface area contributed by atoms with Crippen molar-refractivity contribution >= 4 is 28.0 Å². The molecule has 41 heavy (non-hydrogen) atoms. The van der Waals surface area contributed by atoms with E-state index in [2.05, 4.69) is 35.1 Å². The molecule has 2 aliphatic carbocycles. The zero-order valence-electron chi connectivity index (χ0n) is 24.4. The molecular weight excluding hydrogens is 514 g/mol. The molecule has 0 saturated carbocycles. The fourth-order valence-corrected chi connectivity index (χ4v) is 6.44. The Morgan fingerprint density at radius 3 is 2.61 bits per heavy atom. The van der Waals surface area contributed by atoms with Gasteiger partial charge in [0.1, 0.15) is 12.1 Å². The Balaban J connectivity index is 1.66. The lowest BCUT2D eigenvalue weighted by Gasteiger charge is -2.38. The van der Waals surface area contributed by atoms with Gasteiger partial charge >= 0.3 is 5.97 Å². The number of ether oxygens (including phenoxy) is 2. The number of nitrogens with zero attached hydrogens (tertiary/aromatic N) is 3. The van der Waals surface area contributed by atoms with Gasteiger partial charge in [0.25, 0.3) is 0 Å². The van der Waals surface area contributed by atoms with Crippen molar-refractivity contribution in [2.45, 2.75) is 59.7 Å². The maximum atomic E-state index is 12.9. The molecule has 3 aromatic rings. The average Bonchev–Trinajstić information content (AvgIpc) is 2.93. The predicted octanol–water partition coefficient (Wildman–Crippen LogP) is 6.53. The number of aromatic nitrogens is 3. The normalized spacial score (nSPS) is 21.0. The van der Waals surface area contributed by atoms with Crippen LogP contribution in [0.15, 0.2) is 71.9 Å². The van der Waals surface area contributed by atoms with E-state index >= 15 is 0 Å². The van der Waals surface area contributed by atoms with Crippen molar-refractivity contribution in [1.29, 1.82) is 0 Å². The van der Waals surface area contributed by atoms with Gasteiger partial charge in [-0.15, -0.1) is 0 Å². The van der Waals surface area contributed by atoms with E-state index < -0.39 is 17.7 Å². The van der Waals surface area contributed by atoms with Crippen LogP contribution in [0.3, 0.4) is 0 Å². The Labute approximate surface area is 240 Å². The molecule has 0 fully saturated rings. The zero-order chi connectivity index (χ0) is 29.1. The molecule has 1 N–H and O–H groups in total. The third-order valence-electron chi connectivity index (χ3n) is 8.26. The van der Waals surface area contributed by atoms with Gasteiger partial charge in [0.15, 0.2) is 6.10 Å². The van der Waals surface area contributed by atoms with E-state index in [1.54, 1.807) is 6.33 Å². The summed E-state index contributed by atoms with van der Waals surface area (Å²) in [6.45, 7) is 12.5. The number of aliphatic carboxylic acids is 1. The molecular formula is C34H35N3O4. The largest absolute Gasteiger partial charge is 0.493 e. The second-order valence-corrected chi connectivity index (χ2v) is 12.1. The molecule has 0 bridgehead atoms. The molecule has 1 aliphatic heterocycles. The van der Waals surface area contributed by atoms with Crippen LogP contribution < -0.4 is 4.74 Å². The lowest BCUT2D eigenvalue weighted by Crippen LogP contribution is -2.37. The minimum Gasteiger partial charge on any atom is -0.493 e. The first kappa shape index (κ1) is 27.1. The number of allylic oxidation sites excluding steroid dienone is 6. The molecule has 3 unspecified atom stereocenters. The number of rotatable bonds is 5. The van der Waals surface area contributed by atoms with Crippen molar-refractivity contribution in [2.75, 3.05) is 6.61 Å². The van der Waals surface area contributed by atoms with Crippen LogP contribution in [0.2, 0.25) is 0 Å². The van der Waals surface area contributed by atoms with Gasteiger partial charge in [-0.3, -0.25) is 4.98 Å². The number of hydrogen-bond donors (Lipinski definition) is 1. The highest BCUT2D eigenvalue weighted by molar-refractivity contribution is 6.04. The van der Waals surface area contributed by atoms with Crippen molar-refractivity contribution in [3.63, 3.8) is 0 Å². The quantitative estimate of drug-likeness (QED) is 0.387. The Kier molecular flexibility index (Phi) is 6.65. The lowest BCUT2D eigenvalue weighted by molar-refractivity contribution is -0.155. The Morgan fingerprint density at radius 2 is 1.88 bits per heavy atom. The van der Waals surface area contributed by atoms with E-state index in [0.717, 1.165) is 62.2 Å². The van der Waals surface area contributed by atoms with Crippen molar-refractivity contribution in [3.05, 3.63) is 94.3 Å². The summed E-state index contributed by atoms with van der Waals surface area (Å²) in [5, 5.41) is 11.5. The number of carboxylic acid groups (broad SMARTS) is 1. The molecule has 0 saturated heterocycles. The number of carbonyl (C=O) groups is 1. The van der Waals surface area contributed by atoms with Crippen LogP contribution in [-0.2, 0) is 16.0 Å². The molecule has 3 atom stereocenters. The fraction of sp³-hybridized carbons (Fsp3) is 0.353. The van der Waals surface area contributed by atoms with Crippen molar-refractivity contribution in [2.24, 2.45) is 11.8 Å². The first-order chi connectivity index (χ1) is 19.5. The van der Waals surface area contributed by atoms with Crippen LogP contribution in [0.25, 0.3) is 22.0 Å². The molecule has 7 nitrogen and oxygen atoms in total. The number of carboxylic acids is 1. The van der Waals surface area contributed by atoms with Gasteiger partial charge in [-0.25, -0.2) is 14.8 Å². The molecule has 3 heterocycles. The molecule has 0 spiro atoms. The molecule has 210 valence electrons. The average molecular weight is 550 g/mol. The summed E-state index contributed by atoms with van der Waals surface area (Å²) in [4.78, 5) is 26.4. The van der Waals surface area contributed by atoms with Crippen molar-refractivity contribution < 1.29 is 19.4 Å². The summed E-state index contributed by atoms with van der Waals surface area (Å²) in [6.07, 6.45) is 11.4. The van der Waals surface area contributed by atoms with E-state index in [0.29, 0.717) is 12.2 Å². The monoisotopic (exact) mass is 549 g/mol. The van der Waals surface area contributed by atoms with E-state index in [4.69, 9.17) is 14.5 Å². The minimum atomic E-state index is -1.16. The summed E-state index contributed by atoms with van der Waals surface area (Å²) >= 11 is 0. The van der Waals surface area contributed by atoms with Crippen LogP contribution in [0, 0.1) is 18.8 Å². The number of pyridine rings is 1. The van der Waals surface area contributed by atoms with Gasteiger partial charge in [0.05, 0.1) is 17.7 Å². The van der Waals surface area contributed by atoms with E-state index in [9.17, 15) is 9.90 Å². The molecule has 3 aliphatic rings. The number of benzene rings is 1. The summed E-state index contributed by atoms with van der Waals surface area (Å²) in [7, 11) is 0. The van der Waals surface area contributed by atoms with Gasteiger partial charge in [0.2, 0.25) is 0 Å². The summed E-state index contributed by atoms with van der Waals surface area (Å²) in [6, 6.07) is 6.07. The zero-order valence-corrected chi connectivity index (χ0v) is 24.4. The third-order valence-corrected chi connectivity index (χ3v) is 8.26. The summed E-state index contributed by atoms with van der Waals surface area (Å²) < 4.78 is 12.3. The molecule has 0 amide bonds. The third kappa shape index (κ3) is 4.68. The SMILES string of the molecule is CC1=CC2C(=CC=C(c3cncnc3C)C2C)C(c2ccc3c4c(ccnc24)CCO3)=C1C(OC(C)(C)C)C(=O)O. The van der Waals surface area contributed by atoms with Crippen LogP contribution in [0.4, 0.5) is 0 Å². The smallest absolute Gasteiger partial charge is 0.337 e. The molecule has 7 heteroatoms. The van der Waals surface area contributed by atoms with Gasteiger partial charge in [0, 0.05) is 52.5 Å². The standard InChI is InChI=1S/C34H35N3O4/c1-18-15-25-19(2)22(26-16-35-17-37-20(26)3)7-8-23(25)30(28(18)32(33(38)39)41-34(4,5)6)24-9-10-27-29-21(12-14-40-27)11-13-36-31(24)29/h7-11,13,15-17,19,25,32H,12,14H2,1-6H3,(H,38,39). The highest BCUT2D eigenvalue weighted by atomic mass is 16.5. The highest BCUT2D eigenvalue weighted by Gasteiger charge is 2.40. The topological polar surface area (TPSA) is 94.4 Å². The predicted molar refractivity (Wildman–Crippen MR) is 159 cm³/mol. The van der Waals surface area contributed by atoms with E-state index in [1.165, 1.54) is 5.56 Å². The maximum absolute atomic E-state index is 12.9. The Bertz CT molecular complexity index is 1700. The van der Waals surface area contributed by atoms with Crippen LogP contribution in [-0.4, -0.2) is 44.3 Å². The maximum Gasteiger partial charge on any atom is 0.337 e. The second-order valence-electron chi connectivity index (χ2n) is 12.1. The molecule has 0 radical (unpaired) electrons. The summed E-state index contributed by atoms with van der Waals surface area (Å²) in [5.74, 6) is -0.0856. The van der Waals surface area contributed by atoms with Gasteiger partial charge in [-0.2, -0.15) is 0 Å². The lowest BCUT2D eigenvalue weighted by atomic mass is 9.67. The van der Waals surface area contributed by atoms with Crippen molar-refractivity contribution in [1.82, 2.24) is 15.0 Å². The van der Waals surface area contributed by atoms with Gasteiger partial charge in [-0.1, -0.05) is 25.2 Å².